The normalized spacial score (nSPS) is 16.4. The summed E-state index contributed by atoms with van der Waals surface area (Å²) >= 11 is 1.38. The van der Waals surface area contributed by atoms with Crippen molar-refractivity contribution in [1.29, 1.82) is 0 Å². The number of piperidine rings is 1. The lowest BCUT2D eigenvalue weighted by atomic mass is 9.93. The molecule has 1 atom stereocenters. The van der Waals surface area contributed by atoms with Crippen LogP contribution in [0.2, 0.25) is 0 Å². The van der Waals surface area contributed by atoms with Gasteiger partial charge in [0, 0.05) is 5.92 Å². The fraction of sp³-hybridized carbons (Fsp3) is 0.318. The van der Waals surface area contributed by atoms with E-state index in [1.807, 2.05) is 24.3 Å². The number of nitrogens with two attached hydrogens (primary N) is 1. The van der Waals surface area contributed by atoms with E-state index in [0.717, 1.165) is 16.2 Å². The number of hydrogen-bond donors (Lipinski definition) is 2. The van der Waals surface area contributed by atoms with Crippen molar-refractivity contribution in [3.05, 3.63) is 53.1 Å². The third kappa shape index (κ3) is 3.61. The van der Waals surface area contributed by atoms with Crippen LogP contribution in [0, 0.1) is 5.92 Å². The number of rotatable bonds is 6. The molecule has 1 aliphatic heterocycles. The average Bonchev–Trinajstić information content (AvgIpc) is 3.53. The largest absolute Gasteiger partial charge is 0.497 e. The second-order valence-electron chi connectivity index (χ2n) is 7.79. The zero-order chi connectivity index (χ0) is 22.2. The van der Waals surface area contributed by atoms with Gasteiger partial charge in [0.1, 0.15) is 5.75 Å². The van der Waals surface area contributed by atoms with Crippen LogP contribution in [-0.2, 0) is 4.79 Å². The van der Waals surface area contributed by atoms with Crippen LogP contribution in [0.1, 0.15) is 29.3 Å². The number of aromatic nitrogens is 3. The summed E-state index contributed by atoms with van der Waals surface area (Å²) in [5.41, 5.74) is 6.50. The summed E-state index contributed by atoms with van der Waals surface area (Å²) in [5, 5.41) is 15.6. The number of aromatic hydroxyl groups is 1. The number of fused-ring (bicyclic) bond motifs is 1. The minimum atomic E-state index is -0.255. The van der Waals surface area contributed by atoms with Gasteiger partial charge in [-0.1, -0.05) is 23.5 Å². The molecule has 4 aromatic rings. The van der Waals surface area contributed by atoms with Gasteiger partial charge < -0.3 is 20.0 Å². The van der Waals surface area contributed by atoms with E-state index in [4.69, 9.17) is 14.9 Å². The van der Waals surface area contributed by atoms with Gasteiger partial charge in [0.15, 0.2) is 5.76 Å². The van der Waals surface area contributed by atoms with E-state index in [2.05, 4.69) is 15.0 Å². The molecule has 9 nitrogen and oxygen atoms in total. The molecule has 166 valence electrons. The molecule has 5 rings (SSSR count). The summed E-state index contributed by atoms with van der Waals surface area (Å²) < 4.78 is 12.3. The van der Waals surface area contributed by atoms with E-state index in [-0.39, 0.29) is 23.7 Å². The number of carbonyl (C=O) groups excluding carboxylic acids is 1. The molecule has 0 radical (unpaired) electrons. The van der Waals surface area contributed by atoms with Crippen molar-refractivity contribution in [2.45, 2.75) is 18.9 Å². The Labute approximate surface area is 188 Å². The van der Waals surface area contributed by atoms with Crippen molar-refractivity contribution in [1.82, 2.24) is 19.5 Å². The highest BCUT2D eigenvalue weighted by molar-refractivity contribution is 7.17. The van der Waals surface area contributed by atoms with Gasteiger partial charge in [0.05, 0.1) is 24.3 Å². The molecule has 1 aromatic carbocycles. The van der Waals surface area contributed by atoms with Crippen molar-refractivity contribution in [3.63, 3.8) is 0 Å². The first-order valence-electron chi connectivity index (χ1n) is 10.3. The average molecular weight is 454 g/mol. The second kappa shape index (κ2) is 8.29. The van der Waals surface area contributed by atoms with E-state index < -0.39 is 0 Å². The summed E-state index contributed by atoms with van der Waals surface area (Å²) in [6.07, 6.45) is 2.92. The number of ether oxygens (including phenoxy) is 1. The fourth-order valence-corrected chi connectivity index (χ4v) is 5.34. The quantitative estimate of drug-likeness (QED) is 0.460. The number of methoxy groups -OCH3 is 1. The van der Waals surface area contributed by atoms with Crippen LogP contribution in [0.5, 0.6) is 11.6 Å². The molecule has 3 aromatic heterocycles. The first-order chi connectivity index (χ1) is 15.5. The maximum absolute atomic E-state index is 11.6. The molecule has 0 bridgehead atoms. The maximum atomic E-state index is 11.6. The minimum Gasteiger partial charge on any atom is -0.497 e. The molecule has 32 heavy (non-hydrogen) atoms. The maximum Gasteiger partial charge on any atom is 0.230 e. The Kier molecular flexibility index (Phi) is 5.32. The Bertz CT molecular complexity index is 1240. The van der Waals surface area contributed by atoms with E-state index in [0.29, 0.717) is 42.5 Å². The fourth-order valence-electron chi connectivity index (χ4n) is 4.22. The van der Waals surface area contributed by atoms with E-state index in [9.17, 15) is 9.90 Å². The number of likely N-dealkylation sites (tertiary alicyclic amines) is 1. The zero-order valence-electron chi connectivity index (χ0n) is 17.5. The topological polar surface area (TPSA) is 119 Å². The standard InChI is InChI=1S/C22H23N5O4S/c1-30-15-5-2-4-14(12-15)17(26-9-7-13(8-10-26)19(23)28)18-21(29)27-22(32-18)24-20(25-27)16-6-3-11-31-16/h2-6,11-13,17,29H,7-10H2,1H3,(H2,23,28). The van der Waals surface area contributed by atoms with E-state index in [1.165, 1.54) is 15.9 Å². The summed E-state index contributed by atoms with van der Waals surface area (Å²) in [4.78, 5) is 19.7. The van der Waals surface area contributed by atoms with Gasteiger partial charge in [0.25, 0.3) is 0 Å². The number of hydrogen-bond acceptors (Lipinski definition) is 8. The predicted molar refractivity (Wildman–Crippen MR) is 119 cm³/mol. The molecular weight excluding hydrogens is 430 g/mol. The molecular formula is C22H23N5O4S. The van der Waals surface area contributed by atoms with E-state index in [1.54, 1.807) is 25.5 Å². The number of furan rings is 1. The molecule has 0 aliphatic carbocycles. The number of amides is 1. The zero-order valence-corrected chi connectivity index (χ0v) is 18.3. The molecule has 0 spiro atoms. The first kappa shape index (κ1) is 20.5. The van der Waals surface area contributed by atoms with Crippen LogP contribution in [0.3, 0.4) is 0 Å². The number of nitrogens with zero attached hydrogens (tertiary/aromatic N) is 4. The van der Waals surface area contributed by atoms with Crippen molar-refractivity contribution < 1.29 is 19.1 Å². The van der Waals surface area contributed by atoms with Crippen molar-refractivity contribution >= 4 is 22.2 Å². The molecule has 1 fully saturated rings. The highest BCUT2D eigenvalue weighted by Gasteiger charge is 2.33. The lowest BCUT2D eigenvalue weighted by Gasteiger charge is -2.36. The van der Waals surface area contributed by atoms with Gasteiger partial charge in [-0.25, -0.2) is 0 Å². The molecule has 1 saturated heterocycles. The summed E-state index contributed by atoms with van der Waals surface area (Å²) in [6.45, 7) is 1.36. The van der Waals surface area contributed by atoms with Gasteiger partial charge in [-0.3, -0.25) is 9.69 Å². The van der Waals surface area contributed by atoms with Gasteiger partial charge in [-0.2, -0.15) is 9.50 Å². The van der Waals surface area contributed by atoms with Gasteiger partial charge in [-0.05, 0) is 55.8 Å². The SMILES string of the molecule is COc1cccc(C(c2sc3nc(-c4ccco4)nn3c2O)N2CCC(C(N)=O)CC2)c1. The van der Waals surface area contributed by atoms with Crippen LogP contribution in [0.4, 0.5) is 0 Å². The molecule has 3 N–H and O–H groups in total. The Morgan fingerprint density at radius 3 is 2.78 bits per heavy atom. The molecule has 1 aliphatic rings. The smallest absolute Gasteiger partial charge is 0.230 e. The monoisotopic (exact) mass is 453 g/mol. The third-order valence-electron chi connectivity index (χ3n) is 5.90. The molecule has 4 heterocycles. The third-order valence-corrected chi connectivity index (χ3v) is 6.97. The molecule has 0 saturated carbocycles. The lowest BCUT2D eigenvalue weighted by molar-refractivity contribution is -0.123. The van der Waals surface area contributed by atoms with Crippen molar-refractivity contribution in [3.8, 4) is 23.2 Å². The highest BCUT2D eigenvalue weighted by atomic mass is 32.1. The molecule has 10 heteroatoms. The number of carbonyl (C=O) groups is 1. The van der Waals surface area contributed by atoms with Crippen LogP contribution in [0.15, 0.2) is 47.1 Å². The van der Waals surface area contributed by atoms with Gasteiger partial charge >= 0.3 is 0 Å². The van der Waals surface area contributed by atoms with Gasteiger partial charge in [0.2, 0.25) is 22.6 Å². The number of thiazole rings is 1. The Morgan fingerprint density at radius 1 is 1.31 bits per heavy atom. The number of primary amides is 1. The minimum absolute atomic E-state index is 0.0418. The summed E-state index contributed by atoms with van der Waals surface area (Å²) in [6, 6.07) is 11.1. The summed E-state index contributed by atoms with van der Waals surface area (Å²) in [5.74, 6) is 1.36. The number of benzene rings is 1. The predicted octanol–water partition coefficient (Wildman–Crippen LogP) is 3.05. The first-order valence-corrected chi connectivity index (χ1v) is 11.2. The Balaban J connectivity index is 1.55. The van der Waals surface area contributed by atoms with Gasteiger partial charge in [-0.15, -0.1) is 5.10 Å². The van der Waals surface area contributed by atoms with Crippen LogP contribution in [-0.4, -0.2) is 50.7 Å². The van der Waals surface area contributed by atoms with Crippen LogP contribution >= 0.6 is 11.3 Å². The Hall–Kier alpha value is -3.37. The van der Waals surface area contributed by atoms with Crippen molar-refractivity contribution in [2.24, 2.45) is 11.7 Å². The van der Waals surface area contributed by atoms with E-state index >= 15 is 0 Å². The highest BCUT2D eigenvalue weighted by Crippen LogP contribution is 2.42. The summed E-state index contributed by atoms with van der Waals surface area (Å²) in [7, 11) is 1.63. The Morgan fingerprint density at radius 2 is 2.12 bits per heavy atom. The molecule has 1 unspecified atom stereocenters. The second-order valence-corrected chi connectivity index (χ2v) is 8.80. The van der Waals surface area contributed by atoms with Crippen molar-refractivity contribution in [2.75, 3.05) is 20.2 Å². The lowest BCUT2D eigenvalue weighted by Crippen LogP contribution is -2.40. The molecule has 1 amide bonds. The van der Waals surface area contributed by atoms with Crippen LogP contribution < -0.4 is 10.5 Å². The van der Waals surface area contributed by atoms with Crippen LogP contribution in [0.25, 0.3) is 16.5 Å².